The fraction of sp³-hybridized carbons (Fsp3) is 0.714. The standard InChI is InChI=1S/C6H12N2O.CHNS/c7-8-5-3-1-2-4-6(8)9;2-1-3/h1-5,7H2;3H. The molecule has 4 nitrogen and oxygen atoms in total. The molecular formula is C7H13N3OS. The molecule has 68 valence electrons. The lowest BCUT2D eigenvalue weighted by atomic mass is 10.2. The molecule has 0 unspecified atom stereocenters. The molecule has 0 aromatic heterocycles. The van der Waals surface area contributed by atoms with Gasteiger partial charge in [0, 0.05) is 13.0 Å². The first-order valence-electron chi connectivity index (χ1n) is 3.80. The van der Waals surface area contributed by atoms with Gasteiger partial charge in [-0.2, -0.15) is 5.26 Å². The second-order valence-corrected chi connectivity index (χ2v) is 2.70. The van der Waals surface area contributed by atoms with E-state index in [2.05, 4.69) is 12.6 Å². The number of rotatable bonds is 0. The van der Waals surface area contributed by atoms with E-state index in [-0.39, 0.29) is 5.91 Å². The largest absolute Gasteiger partial charge is 0.281 e. The Bertz CT molecular complexity index is 178. The smallest absolute Gasteiger partial charge is 0.236 e. The number of hydrogen-bond acceptors (Lipinski definition) is 4. The molecule has 1 fully saturated rings. The molecule has 0 aromatic carbocycles. The van der Waals surface area contributed by atoms with Crippen molar-refractivity contribution in [2.75, 3.05) is 6.54 Å². The number of nitrogens with zero attached hydrogens (tertiary/aromatic N) is 2. The van der Waals surface area contributed by atoms with E-state index in [1.165, 1.54) is 10.4 Å². The van der Waals surface area contributed by atoms with Crippen LogP contribution in [0.2, 0.25) is 0 Å². The third-order valence-electron chi connectivity index (χ3n) is 1.61. The number of nitriles is 1. The minimum atomic E-state index is 0.0903. The van der Waals surface area contributed by atoms with Crippen LogP contribution in [0.1, 0.15) is 25.7 Å². The summed E-state index contributed by atoms with van der Waals surface area (Å²) >= 11 is 3.09. The Labute approximate surface area is 77.7 Å². The molecule has 2 N–H and O–H groups in total. The van der Waals surface area contributed by atoms with Crippen molar-refractivity contribution in [1.82, 2.24) is 5.01 Å². The Balaban J connectivity index is 0.000000354. The minimum absolute atomic E-state index is 0.0903. The highest BCUT2D eigenvalue weighted by Gasteiger charge is 2.11. The molecule has 1 rings (SSSR count). The number of nitrogens with two attached hydrogens (primary N) is 1. The second kappa shape index (κ2) is 6.95. The maximum atomic E-state index is 10.8. The van der Waals surface area contributed by atoms with Crippen LogP contribution in [0.4, 0.5) is 0 Å². The van der Waals surface area contributed by atoms with Crippen LogP contribution in [0.25, 0.3) is 0 Å². The lowest BCUT2D eigenvalue weighted by molar-refractivity contribution is -0.130. The van der Waals surface area contributed by atoms with E-state index in [1.54, 1.807) is 0 Å². The average molecular weight is 187 g/mol. The van der Waals surface area contributed by atoms with Gasteiger partial charge in [0.05, 0.1) is 0 Å². The second-order valence-electron chi connectivity index (χ2n) is 2.50. The monoisotopic (exact) mass is 187 g/mol. The van der Waals surface area contributed by atoms with E-state index in [1.807, 2.05) is 0 Å². The fourth-order valence-electron chi connectivity index (χ4n) is 1.00. The molecule has 0 bridgehead atoms. The SMILES string of the molecule is N#CS.NN1CCCCCC1=O. The first-order valence-corrected chi connectivity index (χ1v) is 4.25. The number of amides is 1. The molecule has 0 radical (unpaired) electrons. The summed E-state index contributed by atoms with van der Waals surface area (Å²) in [7, 11) is 0. The Kier molecular flexibility index (Phi) is 6.53. The summed E-state index contributed by atoms with van der Waals surface area (Å²) in [6.07, 6.45) is 3.84. The molecule has 1 amide bonds. The molecule has 0 saturated carbocycles. The maximum absolute atomic E-state index is 10.8. The van der Waals surface area contributed by atoms with Gasteiger partial charge in [0.25, 0.3) is 0 Å². The molecule has 0 aliphatic carbocycles. The van der Waals surface area contributed by atoms with Crippen LogP contribution in [0.5, 0.6) is 0 Å². The van der Waals surface area contributed by atoms with Crippen LogP contribution in [0, 0.1) is 10.7 Å². The molecule has 12 heavy (non-hydrogen) atoms. The zero-order chi connectivity index (χ0) is 9.40. The van der Waals surface area contributed by atoms with Crippen LogP contribution >= 0.6 is 12.6 Å². The lowest BCUT2D eigenvalue weighted by Gasteiger charge is -2.11. The number of hydrazine groups is 1. The highest BCUT2D eigenvalue weighted by Crippen LogP contribution is 2.07. The van der Waals surface area contributed by atoms with Crippen molar-refractivity contribution >= 4 is 18.5 Å². The molecule has 0 atom stereocenters. The number of hydrogen-bond donors (Lipinski definition) is 2. The van der Waals surface area contributed by atoms with E-state index in [0.717, 1.165) is 25.8 Å². The van der Waals surface area contributed by atoms with Gasteiger partial charge in [0.2, 0.25) is 5.91 Å². The predicted octanol–water partition coefficient (Wildman–Crippen LogP) is 0.660. The Morgan fingerprint density at radius 2 is 2.08 bits per heavy atom. The van der Waals surface area contributed by atoms with Gasteiger partial charge in [-0.3, -0.25) is 9.80 Å². The first kappa shape index (κ1) is 11.3. The summed E-state index contributed by atoms with van der Waals surface area (Å²) in [6, 6.07) is 0. The van der Waals surface area contributed by atoms with Crippen molar-refractivity contribution in [3.63, 3.8) is 0 Å². The van der Waals surface area contributed by atoms with Crippen molar-refractivity contribution in [2.45, 2.75) is 25.7 Å². The Morgan fingerprint density at radius 3 is 2.67 bits per heavy atom. The molecular weight excluding hydrogens is 174 g/mol. The molecule has 1 heterocycles. The zero-order valence-electron chi connectivity index (χ0n) is 6.86. The number of carbonyl (C=O) groups excluding carboxylic acids is 1. The van der Waals surface area contributed by atoms with E-state index in [9.17, 15) is 4.79 Å². The normalized spacial score (nSPS) is 17.1. The molecule has 5 heteroatoms. The average Bonchev–Trinajstić information content (AvgIpc) is 2.19. The van der Waals surface area contributed by atoms with Gasteiger partial charge < -0.3 is 0 Å². The van der Waals surface area contributed by atoms with Crippen LogP contribution < -0.4 is 5.84 Å². The molecule has 1 saturated heterocycles. The molecule has 0 aromatic rings. The van der Waals surface area contributed by atoms with Crippen LogP contribution in [-0.4, -0.2) is 17.5 Å². The number of carbonyl (C=O) groups is 1. The zero-order valence-corrected chi connectivity index (χ0v) is 7.76. The number of thiol groups is 1. The van der Waals surface area contributed by atoms with Crippen molar-refractivity contribution in [1.29, 1.82) is 5.26 Å². The van der Waals surface area contributed by atoms with Crippen molar-refractivity contribution in [2.24, 2.45) is 5.84 Å². The summed E-state index contributed by atoms with van der Waals surface area (Å²) in [4.78, 5) is 10.8. The third-order valence-corrected chi connectivity index (χ3v) is 1.61. The molecule has 1 aliphatic heterocycles. The van der Waals surface area contributed by atoms with E-state index < -0.39 is 0 Å². The van der Waals surface area contributed by atoms with Gasteiger partial charge in [0.15, 0.2) is 0 Å². The minimum Gasteiger partial charge on any atom is -0.281 e. The van der Waals surface area contributed by atoms with E-state index in [0.29, 0.717) is 6.42 Å². The van der Waals surface area contributed by atoms with E-state index >= 15 is 0 Å². The molecule has 0 spiro atoms. The van der Waals surface area contributed by atoms with Crippen molar-refractivity contribution < 1.29 is 4.79 Å². The third kappa shape index (κ3) is 4.99. The fourth-order valence-corrected chi connectivity index (χ4v) is 1.00. The van der Waals surface area contributed by atoms with Gasteiger partial charge in [-0.25, -0.2) is 5.84 Å². The van der Waals surface area contributed by atoms with Crippen LogP contribution in [0.15, 0.2) is 0 Å². The summed E-state index contributed by atoms with van der Waals surface area (Å²) in [5, 5.41) is 9.95. The molecule has 1 aliphatic rings. The maximum Gasteiger partial charge on any atom is 0.236 e. The van der Waals surface area contributed by atoms with Gasteiger partial charge in [-0.1, -0.05) is 19.0 Å². The van der Waals surface area contributed by atoms with Gasteiger partial charge in [-0.15, -0.1) is 0 Å². The summed E-state index contributed by atoms with van der Waals surface area (Å²) < 4.78 is 0. The van der Waals surface area contributed by atoms with Crippen molar-refractivity contribution in [3.8, 4) is 5.40 Å². The summed E-state index contributed by atoms with van der Waals surface area (Å²) in [5.41, 5.74) is 0. The lowest BCUT2D eigenvalue weighted by Crippen LogP contribution is -2.36. The summed E-state index contributed by atoms with van der Waals surface area (Å²) in [5.74, 6) is 5.45. The first-order chi connectivity index (χ1) is 5.72. The van der Waals surface area contributed by atoms with Gasteiger partial charge in [-0.05, 0) is 12.8 Å². The topological polar surface area (TPSA) is 70.1 Å². The number of thiocyanates is 1. The van der Waals surface area contributed by atoms with Crippen LogP contribution in [-0.2, 0) is 4.79 Å². The van der Waals surface area contributed by atoms with Gasteiger partial charge >= 0.3 is 0 Å². The van der Waals surface area contributed by atoms with E-state index in [4.69, 9.17) is 11.1 Å². The quantitative estimate of drug-likeness (QED) is 0.253. The van der Waals surface area contributed by atoms with Crippen LogP contribution in [0.3, 0.4) is 0 Å². The Morgan fingerprint density at radius 1 is 1.50 bits per heavy atom. The highest BCUT2D eigenvalue weighted by atomic mass is 32.1. The highest BCUT2D eigenvalue weighted by molar-refractivity contribution is 7.85. The Hall–Kier alpha value is -0.730. The van der Waals surface area contributed by atoms with Crippen molar-refractivity contribution in [3.05, 3.63) is 0 Å². The predicted molar refractivity (Wildman–Crippen MR) is 49.0 cm³/mol. The van der Waals surface area contributed by atoms with Gasteiger partial charge in [0.1, 0.15) is 5.40 Å². The summed E-state index contributed by atoms with van der Waals surface area (Å²) in [6.45, 7) is 0.735.